The third-order valence-electron chi connectivity index (χ3n) is 4.66. The fourth-order valence-corrected chi connectivity index (χ4v) is 3.08. The molecular formula is C20H30N4O5S. The molecule has 0 aliphatic carbocycles. The molecule has 0 radical (unpaired) electrons. The van der Waals surface area contributed by atoms with Crippen LogP contribution in [0.4, 0.5) is 0 Å². The topological polar surface area (TPSA) is 110 Å². The molecule has 1 aliphatic rings. The summed E-state index contributed by atoms with van der Waals surface area (Å²) in [5.41, 5.74) is 5.53. The van der Waals surface area contributed by atoms with Crippen LogP contribution in [0.3, 0.4) is 0 Å². The molecule has 30 heavy (non-hydrogen) atoms. The molecule has 1 saturated heterocycles. The molecule has 1 heterocycles. The Hall–Kier alpha value is -2.59. The van der Waals surface area contributed by atoms with E-state index in [0.29, 0.717) is 23.6 Å². The number of carbonyl (C=O) groups is 2. The highest BCUT2D eigenvalue weighted by atomic mass is 32.1. The van der Waals surface area contributed by atoms with Crippen LogP contribution in [0, 0.1) is 5.92 Å². The summed E-state index contributed by atoms with van der Waals surface area (Å²) in [6.07, 6.45) is 2.15. The lowest BCUT2D eigenvalue weighted by molar-refractivity contribution is -0.124. The molecule has 9 nitrogen and oxygen atoms in total. The van der Waals surface area contributed by atoms with Crippen LogP contribution in [0.1, 0.15) is 37.0 Å². The van der Waals surface area contributed by atoms with Crippen LogP contribution < -0.4 is 31.0 Å². The SMILES string of the molecule is COc1cc(OC)cc(C(=O)N[C@@H](C(=O)NNC(=S)NC[C@@H]2CCCO2)C(C)C)c1. The minimum Gasteiger partial charge on any atom is -0.497 e. The molecule has 166 valence electrons. The van der Waals surface area contributed by atoms with Crippen molar-refractivity contribution in [3.8, 4) is 11.5 Å². The first-order chi connectivity index (χ1) is 14.3. The molecule has 2 amide bonds. The molecule has 2 rings (SSSR count). The van der Waals surface area contributed by atoms with Gasteiger partial charge in [0, 0.05) is 24.8 Å². The summed E-state index contributed by atoms with van der Waals surface area (Å²) in [6.45, 7) is 5.01. The summed E-state index contributed by atoms with van der Waals surface area (Å²) in [4.78, 5) is 25.3. The number of ether oxygens (including phenoxy) is 3. The number of amides is 2. The first-order valence-electron chi connectivity index (χ1n) is 9.83. The maximum Gasteiger partial charge on any atom is 0.261 e. The van der Waals surface area contributed by atoms with Crippen LogP contribution >= 0.6 is 12.2 Å². The van der Waals surface area contributed by atoms with Gasteiger partial charge < -0.3 is 24.8 Å². The quantitative estimate of drug-likeness (QED) is 0.353. The lowest BCUT2D eigenvalue weighted by Gasteiger charge is -2.23. The van der Waals surface area contributed by atoms with E-state index in [1.54, 1.807) is 18.2 Å². The van der Waals surface area contributed by atoms with Crippen molar-refractivity contribution in [2.24, 2.45) is 5.92 Å². The number of hydrogen-bond donors (Lipinski definition) is 4. The van der Waals surface area contributed by atoms with E-state index in [9.17, 15) is 9.59 Å². The van der Waals surface area contributed by atoms with Crippen molar-refractivity contribution in [2.75, 3.05) is 27.4 Å². The molecule has 10 heteroatoms. The molecule has 1 fully saturated rings. The first-order valence-corrected chi connectivity index (χ1v) is 10.2. The lowest BCUT2D eigenvalue weighted by atomic mass is 10.0. The molecule has 4 N–H and O–H groups in total. The van der Waals surface area contributed by atoms with E-state index in [1.165, 1.54) is 14.2 Å². The Morgan fingerprint density at radius 2 is 1.83 bits per heavy atom. The Morgan fingerprint density at radius 3 is 2.37 bits per heavy atom. The van der Waals surface area contributed by atoms with Crippen molar-refractivity contribution in [3.05, 3.63) is 23.8 Å². The van der Waals surface area contributed by atoms with Gasteiger partial charge in [-0.25, -0.2) is 0 Å². The normalized spacial score (nSPS) is 16.5. The van der Waals surface area contributed by atoms with Gasteiger partial charge in [-0.1, -0.05) is 13.8 Å². The molecule has 1 aliphatic heterocycles. The number of thiocarbonyl (C=S) groups is 1. The Morgan fingerprint density at radius 1 is 1.17 bits per heavy atom. The monoisotopic (exact) mass is 438 g/mol. The Kier molecular flexibility index (Phi) is 9.13. The predicted molar refractivity (Wildman–Crippen MR) is 116 cm³/mol. The van der Waals surface area contributed by atoms with E-state index in [-0.39, 0.29) is 17.1 Å². The molecule has 0 aromatic heterocycles. The summed E-state index contributed by atoms with van der Waals surface area (Å²) < 4.78 is 15.9. The maximum absolute atomic E-state index is 12.7. The molecule has 0 bridgehead atoms. The molecule has 1 aromatic rings. The number of benzene rings is 1. The van der Waals surface area contributed by atoms with Crippen LogP contribution in [0.25, 0.3) is 0 Å². The summed E-state index contributed by atoms with van der Waals surface area (Å²) >= 11 is 5.17. The van der Waals surface area contributed by atoms with Gasteiger partial charge >= 0.3 is 0 Å². The van der Waals surface area contributed by atoms with Gasteiger partial charge in [-0.2, -0.15) is 0 Å². The summed E-state index contributed by atoms with van der Waals surface area (Å²) in [5.74, 6) is -0.0185. The Labute approximate surface area is 182 Å². The van der Waals surface area contributed by atoms with Crippen LogP contribution in [0.5, 0.6) is 11.5 Å². The fourth-order valence-electron chi connectivity index (χ4n) is 2.95. The van der Waals surface area contributed by atoms with Gasteiger partial charge in [0.2, 0.25) is 0 Å². The van der Waals surface area contributed by atoms with Crippen molar-refractivity contribution in [3.63, 3.8) is 0 Å². The van der Waals surface area contributed by atoms with Gasteiger partial charge in [-0.05, 0) is 43.1 Å². The van der Waals surface area contributed by atoms with Gasteiger partial charge in [0.25, 0.3) is 11.8 Å². The summed E-state index contributed by atoms with van der Waals surface area (Å²) in [6, 6.07) is 4.05. The average Bonchev–Trinajstić information content (AvgIpc) is 3.27. The average molecular weight is 439 g/mol. The van der Waals surface area contributed by atoms with Gasteiger partial charge in [0.05, 0.1) is 20.3 Å². The number of carbonyl (C=O) groups excluding carboxylic acids is 2. The molecule has 0 unspecified atom stereocenters. The highest BCUT2D eigenvalue weighted by molar-refractivity contribution is 7.80. The van der Waals surface area contributed by atoms with Crippen molar-refractivity contribution in [1.82, 2.24) is 21.5 Å². The van der Waals surface area contributed by atoms with E-state index in [4.69, 9.17) is 26.4 Å². The Balaban J connectivity index is 1.91. The standard InChI is InChI=1S/C20H30N4O5S/c1-12(2)17(19(26)23-24-20(30)21-11-14-6-5-7-29-14)22-18(25)13-8-15(27-3)10-16(9-13)28-4/h8-10,12,14,17H,5-7,11H2,1-4H3,(H,22,25)(H,23,26)(H2,21,24,30)/t14-,17+/m0/s1. The van der Waals surface area contributed by atoms with E-state index in [0.717, 1.165) is 19.4 Å². The second-order valence-corrected chi connectivity index (χ2v) is 7.66. The largest absolute Gasteiger partial charge is 0.497 e. The summed E-state index contributed by atoms with van der Waals surface area (Å²) in [7, 11) is 3.00. The van der Waals surface area contributed by atoms with Crippen molar-refractivity contribution in [2.45, 2.75) is 38.8 Å². The number of methoxy groups -OCH3 is 2. The maximum atomic E-state index is 12.7. The highest BCUT2D eigenvalue weighted by Gasteiger charge is 2.25. The molecule has 1 aromatic carbocycles. The zero-order valence-corrected chi connectivity index (χ0v) is 18.6. The second-order valence-electron chi connectivity index (χ2n) is 7.26. The number of hydrazine groups is 1. The minimum atomic E-state index is -0.775. The lowest BCUT2D eigenvalue weighted by Crippen LogP contribution is -2.56. The summed E-state index contributed by atoms with van der Waals surface area (Å²) in [5, 5.41) is 6.04. The zero-order valence-electron chi connectivity index (χ0n) is 17.7. The molecule has 0 saturated carbocycles. The van der Waals surface area contributed by atoms with Crippen LogP contribution in [-0.4, -0.2) is 56.4 Å². The van der Waals surface area contributed by atoms with Gasteiger partial charge in [-0.3, -0.25) is 20.4 Å². The smallest absolute Gasteiger partial charge is 0.261 e. The minimum absolute atomic E-state index is 0.128. The number of nitrogens with one attached hydrogen (secondary N) is 4. The van der Waals surface area contributed by atoms with E-state index in [2.05, 4.69) is 21.5 Å². The van der Waals surface area contributed by atoms with Crippen LogP contribution in [0.15, 0.2) is 18.2 Å². The van der Waals surface area contributed by atoms with Crippen molar-refractivity contribution >= 4 is 29.1 Å². The number of rotatable bonds is 8. The van der Waals surface area contributed by atoms with E-state index >= 15 is 0 Å². The van der Waals surface area contributed by atoms with Crippen molar-refractivity contribution < 1.29 is 23.8 Å². The molecular weight excluding hydrogens is 408 g/mol. The van der Waals surface area contributed by atoms with Gasteiger partial charge in [0.15, 0.2) is 5.11 Å². The number of hydrogen-bond acceptors (Lipinski definition) is 6. The van der Waals surface area contributed by atoms with Gasteiger partial charge in [0.1, 0.15) is 17.5 Å². The van der Waals surface area contributed by atoms with Gasteiger partial charge in [-0.15, -0.1) is 0 Å². The van der Waals surface area contributed by atoms with E-state index in [1.807, 2.05) is 13.8 Å². The first kappa shape index (κ1) is 23.7. The Bertz CT molecular complexity index is 730. The highest BCUT2D eigenvalue weighted by Crippen LogP contribution is 2.22. The van der Waals surface area contributed by atoms with Crippen molar-refractivity contribution in [1.29, 1.82) is 0 Å². The van der Waals surface area contributed by atoms with E-state index < -0.39 is 17.9 Å². The van der Waals surface area contributed by atoms with Crippen LogP contribution in [0.2, 0.25) is 0 Å². The molecule has 2 atom stereocenters. The zero-order chi connectivity index (χ0) is 22.1. The predicted octanol–water partition coefficient (Wildman–Crippen LogP) is 1.13. The molecule has 0 spiro atoms. The third kappa shape index (κ3) is 7.03. The fraction of sp³-hybridized carbons (Fsp3) is 0.550. The second kappa shape index (κ2) is 11.6. The third-order valence-corrected chi connectivity index (χ3v) is 4.91. The van der Waals surface area contributed by atoms with Crippen LogP contribution in [-0.2, 0) is 9.53 Å².